The van der Waals surface area contributed by atoms with Gasteiger partial charge in [-0.1, -0.05) is 47.6 Å². The summed E-state index contributed by atoms with van der Waals surface area (Å²) < 4.78 is 52.3. The molecule has 4 aromatic rings. The van der Waals surface area contributed by atoms with Crippen molar-refractivity contribution in [3.05, 3.63) is 81.3 Å². The third-order valence-electron chi connectivity index (χ3n) is 12.0. The van der Waals surface area contributed by atoms with Gasteiger partial charge in [-0.15, -0.1) is 0 Å². The first kappa shape index (κ1) is 56.1. The van der Waals surface area contributed by atoms with Crippen LogP contribution in [0.4, 0.5) is 15.3 Å². The lowest BCUT2D eigenvalue weighted by Gasteiger charge is -2.33. The number of hydrogen-bond acceptors (Lipinski definition) is 16. The first-order valence-corrected chi connectivity index (χ1v) is 24.9. The molecule has 400 valence electrons. The number of nitrogens with zero attached hydrogens (tertiary/aromatic N) is 1. The Labute approximate surface area is 432 Å². The van der Waals surface area contributed by atoms with E-state index in [1.165, 1.54) is 27.4 Å². The summed E-state index contributed by atoms with van der Waals surface area (Å²) in [5, 5.41) is 5.79. The third kappa shape index (κ3) is 13.5. The van der Waals surface area contributed by atoms with E-state index in [0.29, 0.717) is 34.1 Å². The second-order valence-corrected chi connectivity index (χ2v) is 21.7. The van der Waals surface area contributed by atoms with Crippen molar-refractivity contribution in [2.75, 3.05) is 26.2 Å². The monoisotopic (exact) mass is 1030 g/mol. The molecule has 2 amide bonds. The summed E-state index contributed by atoms with van der Waals surface area (Å²) >= 11 is 0. The number of amides is 2. The number of fused-ring (bicyclic) bond motifs is 7. The molecule has 18 nitrogen and oxygen atoms in total. The molecule has 0 spiro atoms. The zero-order chi connectivity index (χ0) is 54.6. The Morgan fingerprint density at radius 2 is 1.18 bits per heavy atom. The molecule has 2 N–H and O–H groups in total. The molecule has 3 heterocycles. The van der Waals surface area contributed by atoms with Crippen LogP contribution < -0.4 is 49.6 Å². The van der Waals surface area contributed by atoms with Gasteiger partial charge in [-0.25, -0.2) is 24.0 Å². The van der Waals surface area contributed by atoms with Crippen LogP contribution in [0.2, 0.25) is 0 Å². The fourth-order valence-electron chi connectivity index (χ4n) is 8.89. The number of methoxy groups -OCH3 is 3. The highest BCUT2D eigenvalue weighted by atomic mass is 16.6. The molecular weight excluding hydrogens is 955 g/mol. The van der Waals surface area contributed by atoms with Crippen LogP contribution in [0.1, 0.15) is 143 Å². The fraction of sp³-hybridized carbons (Fsp3) is 0.500. The van der Waals surface area contributed by atoms with Crippen molar-refractivity contribution in [2.45, 2.75) is 144 Å². The molecule has 0 aliphatic carbocycles. The first-order chi connectivity index (χ1) is 34.7. The van der Waals surface area contributed by atoms with Crippen LogP contribution in [0, 0.1) is 17.8 Å². The number of alkyl carbamates (subject to hydrolysis) is 2. The van der Waals surface area contributed by atoms with E-state index >= 15 is 0 Å². The fourth-order valence-corrected chi connectivity index (χ4v) is 8.89. The van der Waals surface area contributed by atoms with Gasteiger partial charge in [0.15, 0.2) is 34.5 Å². The number of hydrogen-bond donors (Lipinski definition) is 2. The number of ether oxygens (including phenoxy) is 8. The van der Waals surface area contributed by atoms with Crippen LogP contribution >= 0.6 is 0 Å². The van der Waals surface area contributed by atoms with Gasteiger partial charge in [0.2, 0.25) is 0 Å². The van der Waals surface area contributed by atoms with Crippen molar-refractivity contribution in [1.29, 1.82) is 0 Å². The van der Waals surface area contributed by atoms with Crippen LogP contribution in [-0.4, -0.2) is 74.7 Å². The van der Waals surface area contributed by atoms with Crippen LogP contribution in [-0.2, 0) is 23.9 Å². The number of anilines is 1. The Bertz CT molecular complexity index is 2850. The molecule has 4 atom stereocenters. The minimum absolute atomic E-state index is 0.00419. The van der Waals surface area contributed by atoms with Crippen molar-refractivity contribution >= 4 is 52.8 Å². The summed E-state index contributed by atoms with van der Waals surface area (Å²) in [4.78, 5) is 82.8. The molecule has 74 heavy (non-hydrogen) atoms. The molecule has 2 unspecified atom stereocenters. The standard InChI is InChI=1S/C56H71N3O15/c1-29(2)16-19-45(60)69-44-28-39-35(27-42(44)68-15)47-46(33-17-18-38(40(25-33)66-13)70-50(61)36(22-30(3)4)57-53(64)73-55(7,8)9)48-34-26-41(67-14)43(24-32(34)20-21-59(48)49(47)52(63)71-39)72-51(62)37(23-31(5)6)58-54(65)74-56(10,11)12/h17-18,20-21,24-31,36-37,46,48H,16,19,22-23H2,1-15H3,(H,57,64)(H,58,65)/t36-,37-,46?,48?/m0/s1. The summed E-state index contributed by atoms with van der Waals surface area (Å²) in [6, 6.07) is 8.75. The number of nitrogens with one attached hydrogen (secondary N) is 2. The van der Waals surface area contributed by atoms with Gasteiger partial charge in [0, 0.05) is 35.6 Å². The Hall–Kier alpha value is -7.24. The van der Waals surface area contributed by atoms with E-state index < -0.39 is 71.0 Å². The Balaban J connectivity index is 1.48. The normalized spacial score (nSPS) is 15.7. The van der Waals surface area contributed by atoms with Crippen LogP contribution in [0.3, 0.4) is 0 Å². The maximum Gasteiger partial charge on any atom is 0.408 e. The maximum atomic E-state index is 14.5. The van der Waals surface area contributed by atoms with Gasteiger partial charge in [-0.2, -0.15) is 0 Å². The van der Waals surface area contributed by atoms with E-state index in [4.69, 9.17) is 42.3 Å². The summed E-state index contributed by atoms with van der Waals surface area (Å²) in [5.41, 5.74) is 0.431. The van der Waals surface area contributed by atoms with E-state index in [0.717, 1.165) is 0 Å². The van der Waals surface area contributed by atoms with Crippen LogP contribution in [0.15, 0.2) is 57.9 Å². The van der Waals surface area contributed by atoms with E-state index in [2.05, 4.69) is 10.6 Å². The highest BCUT2D eigenvalue weighted by molar-refractivity contribution is 5.93. The molecule has 2 aliphatic rings. The van der Waals surface area contributed by atoms with E-state index in [9.17, 15) is 28.8 Å². The van der Waals surface area contributed by atoms with Gasteiger partial charge < -0.3 is 57.8 Å². The summed E-state index contributed by atoms with van der Waals surface area (Å²) in [7, 11) is 4.30. The summed E-state index contributed by atoms with van der Waals surface area (Å²) in [6.07, 6.45) is 3.24. The van der Waals surface area contributed by atoms with Gasteiger partial charge in [-0.05, 0) is 132 Å². The lowest BCUT2D eigenvalue weighted by Crippen LogP contribution is -2.45. The molecule has 2 aliphatic heterocycles. The third-order valence-corrected chi connectivity index (χ3v) is 12.0. The summed E-state index contributed by atoms with van der Waals surface area (Å²) in [6.45, 7) is 22.0. The molecule has 6 rings (SSSR count). The quantitative estimate of drug-likeness (QED) is 0.0538. The molecular formula is C56H71N3O15. The predicted molar refractivity (Wildman–Crippen MR) is 277 cm³/mol. The number of carbonyl (C=O) groups is 5. The van der Waals surface area contributed by atoms with Crippen molar-refractivity contribution in [1.82, 2.24) is 10.6 Å². The Morgan fingerprint density at radius 1 is 0.649 bits per heavy atom. The van der Waals surface area contributed by atoms with Crippen molar-refractivity contribution in [3.63, 3.8) is 0 Å². The van der Waals surface area contributed by atoms with E-state index in [1.54, 1.807) is 95.1 Å². The van der Waals surface area contributed by atoms with Crippen molar-refractivity contribution < 1.29 is 66.3 Å². The van der Waals surface area contributed by atoms with E-state index in [1.807, 2.05) is 41.5 Å². The molecule has 0 fully saturated rings. The molecule has 18 heteroatoms. The molecule has 0 bridgehead atoms. The number of esters is 3. The molecule has 1 aromatic heterocycles. The SMILES string of the molecule is COc1cc2c3c(c(=O)oc2cc1OC(=O)CCC(C)C)N1C=Cc2cc(OC(=O)[C@H](CC(C)C)NC(=O)OC(C)(C)C)c(OC)cc2C1C3c1ccc(OC(=O)[C@H](CC(C)C)NC(=O)OC(C)(C)C)c(OC)c1. The lowest BCUT2D eigenvalue weighted by molar-refractivity contribution is -0.138. The Kier molecular flexibility index (Phi) is 17.3. The van der Waals surface area contributed by atoms with Crippen molar-refractivity contribution in [2.24, 2.45) is 17.8 Å². The lowest BCUT2D eigenvalue weighted by atomic mass is 9.81. The molecule has 0 saturated carbocycles. The number of benzene rings is 3. The largest absolute Gasteiger partial charge is 0.493 e. The predicted octanol–water partition coefficient (Wildman–Crippen LogP) is 10.5. The zero-order valence-corrected chi connectivity index (χ0v) is 45.1. The molecule has 0 radical (unpaired) electrons. The molecule has 3 aromatic carbocycles. The second-order valence-electron chi connectivity index (χ2n) is 21.7. The highest BCUT2D eigenvalue weighted by Gasteiger charge is 2.46. The van der Waals surface area contributed by atoms with Gasteiger partial charge in [0.05, 0.1) is 27.4 Å². The average Bonchev–Trinajstić information content (AvgIpc) is 3.65. The maximum absolute atomic E-state index is 14.5. The van der Waals surface area contributed by atoms with E-state index in [-0.39, 0.29) is 82.8 Å². The second kappa shape index (κ2) is 22.9. The topological polar surface area (TPSA) is 217 Å². The van der Waals surface area contributed by atoms with Gasteiger partial charge in [0.25, 0.3) is 0 Å². The zero-order valence-electron chi connectivity index (χ0n) is 45.1. The summed E-state index contributed by atoms with van der Waals surface area (Å²) in [5.74, 6) is -1.65. The first-order valence-electron chi connectivity index (χ1n) is 24.9. The minimum atomic E-state index is -1.06. The van der Waals surface area contributed by atoms with Crippen LogP contribution in [0.5, 0.6) is 34.5 Å². The smallest absolute Gasteiger partial charge is 0.408 e. The van der Waals surface area contributed by atoms with Crippen molar-refractivity contribution in [3.8, 4) is 34.5 Å². The highest BCUT2D eigenvalue weighted by Crippen LogP contribution is 2.57. The van der Waals surface area contributed by atoms with Crippen LogP contribution in [0.25, 0.3) is 17.0 Å². The average molecular weight is 1030 g/mol. The van der Waals surface area contributed by atoms with Gasteiger partial charge >= 0.3 is 35.7 Å². The number of carbonyl (C=O) groups excluding carboxylic acids is 5. The van der Waals surface area contributed by atoms with Gasteiger partial charge in [0.1, 0.15) is 34.6 Å². The number of rotatable bonds is 18. The molecule has 0 saturated heterocycles. The Morgan fingerprint density at radius 3 is 1.70 bits per heavy atom. The van der Waals surface area contributed by atoms with Gasteiger partial charge in [-0.3, -0.25) is 4.79 Å². The minimum Gasteiger partial charge on any atom is -0.493 e.